The lowest BCUT2D eigenvalue weighted by Crippen LogP contribution is -1.94. The minimum absolute atomic E-state index is 0.705. The van der Waals surface area contributed by atoms with E-state index in [1.165, 1.54) is 24.2 Å². The third-order valence-electron chi connectivity index (χ3n) is 2.78. The van der Waals surface area contributed by atoms with E-state index in [1.807, 2.05) is 6.92 Å². The molecule has 72 valence electrons. The Hall–Kier alpha value is -1.38. The summed E-state index contributed by atoms with van der Waals surface area (Å²) in [6.07, 6.45) is 4.72. The van der Waals surface area contributed by atoms with Crippen molar-refractivity contribution in [3.05, 3.63) is 29.3 Å². The smallest absolute Gasteiger partial charge is 0.234 e. The second-order valence-corrected chi connectivity index (χ2v) is 4.15. The van der Waals surface area contributed by atoms with Gasteiger partial charge in [0.2, 0.25) is 5.78 Å². The zero-order valence-electron chi connectivity index (χ0n) is 8.49. The Labute approximate surface area is 82.8 Å². The van der Waals surface area contributed by atoms with Crippen molar-refractivity contribution >= 4 is 5.78 Å². The van der Waals surface area contributed by atoms with Crippen LogP contribution in [-0.4, -0.2) is 14.4 Å². The number of aryl methyl sites for hydroxylation is 2. The normalized spacial score (nSPS) is 16.4. The number of hydrogen-bond acceptors (Lipinski definition) is 2. The van der Waals surface area contributed by atoms with E-state index < -0.39 is 0 Å². The summed E-state index contributed by atoms with van der Waals surface area (Å²) < 4.78 is 2.08. The highest BCUT2D eigenvalue weighted by molar-refractivity contribution is 5.36. The molecule has 0 spiro atoms. The largest absolute Gasteiger partial charge is 0.288 e. The summed E-state index contributed by atoms with van der Waals surface area (Å²) in [5, 5.41) is 0. The molecule has 0 saturated heterocycles. The van der Waals surface area contributed by atoms with Crippen molar-refractivity contribution in [2.45, 2.75) is 32.6 Å². The number of hydrogen-bond donors (Lipinski definition) is 0. The van der Waals surface area contributed by atoms with Gasteiger partial charge in [-0.05, 0) is 32.8 Å². The molecule has 0 aromatic carbocycles. The lowest BCUT2D eigenvalue weighted by Gasteiger charge is -1.98. The molecule has 3 nitrogen and oxygen atoms in total. The monoisotopic (exact) mass is 187 g/mol. The van der Waals surface area contributed by atoms with Crippen LogP contribution in [0.25, 0.3) is 5.78 Å². The topological polar surface area (TPSA) is 30.2 Å². The van der Waals surface area contributed by atoms with Crippen molar-refractivity contribution in [3.63, 3.8) is 0 Å². The molecule has 0 bridgehead atoms. The van der Waals surface area contributed by atoms with E-state index in [4.69, 9.17) is 0 Å². The van der Waals surface area contributed by atoms with Gasteiger partial charge >= 0.3 is 0 Å². The molecule has 1 aliphatic rings. The summed E-state index contributed by atoms with van der Waals surface area (Å²) in [5.41, 5.74) is 3.47. The molecule has 1 fully saturated rings. The van der Waals surface area contributed by atoms with Gasteiger partial charge in [-0.25, -0.2) is 9.97 Å². The highest BCUT2D eigenvalue weighted by Crippen LogP contribution is 2.39. The van der Waals surface area contributed by atoms with Crippen LogP contribution in [0, 0.1) is 13.8 Å². The standard InChI is InChI=1S/C11H13N3/c1-7-5-8(2)14-6-10(9-3-4-9)13-11(14)12-7/h5-6,9H,3-4H2,1-2H3. The van der Waals surface area contributed by atoms with Crippen LogP contribution in [0.15, 0.2) is 12.3 Å². The van der Waals surface area contributed by atoms with E-state index >= 15 is 0 Å². The Morgan fingerprint density at radius 2 is 2.07 bits per heavy atom. The van der Waals surface area contributed by atoms with Gasteiger partial charge in [0.1, 0.15) is 0 Å². The molecule has 0 aliphatic heterocycles. The molecule has 1 saturated carbocycles. The highest BCUT2D eigenvalue weighted by Gasteiger charge is 2.26. The Morgan fingerprint density at radius 1 is 1.29 bits per heavy atom. The fourth-order valence-corrected chi connectivity index (χ4v) is 1.86. The molecule has 14 heavy (non-hydrogen) atoms. The number of nitrogens with zero attached hydrogens (tertiary/aromatic N) is 3. The second-order valence-electron chi connectivity index (χ2n) is 4.15. The van der Waals surface area contributed by atoms with Crippen LogP contribution in [0.4, 0.5) is 0 Å². The summed E-state index contributed by atoms with van der Waals surface area (Å²) in [6.45, 7) is 4.11. The number of rotatable bonds is 1. The van der Waals surface area contributed by atoms with Crippen molar-refractivity contribution in [1.82, 2.24) is 14.4 Å². The van der Waals surface area contributed by atoms with E-state index in [0.29, 0.717) is 5.92 Å². The molecule has 0 N–H and O–H groups in total. The van der Waals surface area contributed by atoms with E-state index in [-0.39, 0.29) is 0 Å². The minimum Gasteiger partial charge on any atom is -0.288 e. The zero-order chi connectivity index (χ0) is 9.71. The molecule has 2 heterocycles. The minimum atomic E-state index is 0.705. The fraction of sp³-hybridized carbons (Fsp3) is 0.455. The maximum atomic E-state index is 4.55. The molecular weight excluding hydrogens is 174 g/mol. The number of fused-ring (bicyclic) bond motifs is 1. The molecule has 0 amide bonds. The predicted molar refractivity (Wildman–Crippen MR) is 54.4 cm³/mol. The van der Waals surface area contributed by atoms with Gasteiger partial charge in [-0.3, -0.25) is 4.40 Å². The Bertz CT molecular complexity index is 494. The molecular formula is C11H13N3. The molecule has 3 heteroatoms. The Balaban J connectivity index is 2.26. The molecule has 0 unspecified atom stereocenters. The summed E-state index contributed by atoms with van der Waals surface area (Å²) in [6, 6.07) is 2.09. The van der Waals surface area contributed by atoms with Gasteiger partial charge in [-0.2, -0.15) is 0 Å². The van der Waals surface area contributed by atoms with E-state index in [0.717, 1.165) is 11.5 Å². The summed E-state index contributed by atoms with van der Waals surface area (Å²) in [7, 11) is 0. The average Bonchev–Trinajstić information content (AvgIpc) is 2.87. The van der Waals surface area contributed by atoms with Gasteiger partial charge in [0.05, 0.1) is 5.69 Å². The molecule has 2 aromatic heterocycles. The van der Waals surface area contributed by atoms with Crippen molar-refractivity contribution in [2.75, 3.05) is 0 Å². The van der Waals surface area contributed by atoms with Gasteiger partial charge in [0.25, 0.3) is 0 Å². The summed E-state index contributed by atoms with van der Waals surface area (Å²) >= 11 is 0. The van der Waals surface area contributed by atoms with Crippen LogP contribution in [0.1, 0.15) is 35.8 Å². The van der Waals surface area contributed by atoms with Crippen molar-refractivity contribution in [2.24, 2.45) is 0 Å². The van der Waals surface area contributed by atoms with Gasteiger partial charge in [0, 0.05) is 23.5 Å². The third-order valence-corrected chi connectivity index (χ3v) is 2.78. The van der Waals surface area contributed by atoms with Gasteiger partial charge in [0.15, 0.2) is 0 Å². The molecule has 3 rings (SSSR count). The van der Waals surface area contributed by atoms with Crippen LogP contribution in [0.3, 0.4) is 0 Å². The average molecular weight is 187 g/mol. The van der Waals surface area contributed by atoms with Gasteiger partial charge < -0.3 is 0 Å². The first kappa shape index (κ1) is 7.97. The number of imidazole rings is 1. The predicted octanol–water partition coefficient (Wildman–Crippen LogP) is 2.22. The lowest BCUT2D eigenvalue weighted by atomic mass is 10.3. The van der Waals surface area contributed by atoms with Crippen molar-refractivity contribution in [3.8, 4) is 0 Å². The molecule has 0 radical (unpaired) electrons. The maximum absolute atomic E-state index is 4.55. The SMILES string of the molecule is Cc1cc(C)n2cc(C3CC3)nc2n1. The second kappa shape index (κ2) is 2.56. The van der Waals surface area contributed by atoms with Crippen LogP contribution >= 0.6 is 0 Å². The van der Waals surface area contributed by atoms with Crippen LogP contribution < -0.4 is 0 Å². The first-order chi connectivity index (χ1) is 6.74. The zero-order valence-corrected chi connectivity index (χ0v) is 8.49. The Morgan fingerprint density at radius 3 is 2.79 bits per heavy atom. The molecule has 0 atom stereocenters. The summed E-state index contributed by atoms with van der Waals surface area (Å²) in [5.74, 6) is 1.56. The van der Waals surface area contributed by atoms with Crippen LogP contribution in [0.5, 0.6) is 0 Å². The third kappa shape index (κ3) is 1.12. The van der Waals surface area contributed by atoms with Crippen LogP contribution in [0.2, 0.25) is 0 Å². The van der Waals surface area contributed by atoms with Crippen molar-refractivity contribution < 1.29 is 0 Å². The van der Waals surface area contributed by atoms with E-state index in [1.54, 1.807) is 0 Å². The van der Waals surface area contributed by atoms with E-state index in [9.17, 15) is 0 Å². The first-order valence-electron chi connectivity index (χ1n) is 5.07. The number of aromatic nitrogens is 3. The quantitative estimate of drug-likeness (QED) is 0.685. The fourth-order valence-electron chi connectivity index (χ4n) is 1.86. The highest BCUT2D eigenvalue weighted by atomic mass is 15.1. The van der Waals surface area contributed by atoms with E-state index in [2.05, 4.69) is 33.6 Å². The van der Waals surface area contributed by atoms with Crippen molar-refractivity contribution in [1.29, 1.82) is 0 Å². The van der Waals surface area contributed by atoms with Crippen LogP contribution in [-0.2, 0) is 0 Å². The molecule has 2 aromatic rings. The maximum Gasteiger partial charge on any atom is 0.234 e. The first-order valence-corrected chi connectivity index (χ1v) is 5.07. The summed E-state index contributed by atoms with van der Waals surface area (Å²) in [4.78, 5) is 8.97. The lowest BCUT2D eigenvalue weighted by molar-refractivity contribution is 1.01. The van der Waals surface area contributed by atoms with Gasteiger partial charge in [-0.1, -0.05) is 0 Å². The molecule has 1 aliphatic carbocycles. The Kier molecular flexibility index (Phi) is 1.46. The van der Waals surface area contributed by atoms with Gasteiger partial charge in [-0.15, -0.1) is 0 Å².